The Bertz CT molecular complexity index is 1610. The quantitative estimate of drug-likeness (QED) is 0.0197. The number of unbranched alkanes of at least 4 members (excludes halogenated alkanes) is 20. The number of rotatable bonds is 53. The van der Waals surface area contributed by atoms with Gasteiger partial charge < -0.3 is 24.2 Å². The minimum absolute atomic E-state index is 0.131. The van der Waals surface area contributed by atoms with Gasteiger partial charge in [0, 0.05) is 19.3 Å². The molecule has 74 heavy (non-hydrogen) atoms. The molecule has 0 radical (unpaired) electrons. The van der Waals surface area contributed by atoms with Crippen LogP contribution in [0.2, 0.25) is 0 Å². The van der Waals surface area contributed by atoms with Crippen molar-refractivity contribution < 1.29 is 52.2 Å². The smallest absolute Gasteiger partial charge is 0.462 e. The second-order valence-corrected chi connectivity index (χ2v) is 20.5. The van der Waals surface area contributed by atoms with Gasteiger partial charge in [-0.1, -0.05) is 195 Å². The van der Waals surface area contributed by atoms with Gasteiger partial charge in [0.15, 0.2) is 6.10 Å². The average Bonchev–Trinajstić information content (AvgIpc) is 3.39. The minimum Gasteiger partial charge on any atom is -0.462 e. The van der Waals surface area contributed by atoms with Gasteiger partial charge in [0.2, 0.25) is 0 Å². The molecule has 0 saturated carbocycles. The summed E-state index contributed by atoms with van der Waals surface area (Å²) in [6.45, 7) is 4.42. The standard InChI is InChI=1S/C62H105O11P/c1-4-7-10-13-16-19-22-25-28-29-32-35-38-41-44-47-50-53-62(66)73-59(55-69-60(64)51-48-45-42-39-36-33-30-26-23-20-17-14-11-8-5-2)57-71-74(67,68)70-56-58(54-63)72-61(65)52-49-46-43-40-37-34-31-27-24-21-18-15-12-9-6-3/h7,10,16-21,25-28,30-32,35,58-59,63H,4-6,8-9,11-15,22-24,29,33-34,36-57H2,1-3H3,(H,67,68)/b10-7-,19-16-,20-17-,21-18-,28-25-,30-26-,31-27-,35-32-. The molecule has 0 aromatic carbocycles. The highest BCUT2D eigenvalue weighted by atomic mass is 31.2. The molecule has 0 saturated heterocycles. The molecule has 3 unspecified atom stereocenters. The number of aliphatic hydroxyl groups is 1. The number of ether oxygens (including phenoxy) is 3. The van der Waals surface area contributed by atoms with E-state index in [9.17, 15) is 28.9 Å². The first-order chi connectivity index (χ1) is 36.2. The Morgan fingerprint density at radius 2 is 0.703 bits per heavy atom. The van der Waals surface area contributed by atoms with Crippen LogP contribution >= 0.6 is 7.82 Å². The van der Waals surface area contributed by atoms with E-state index in [1.165, 1.54) is 38.5 Å². The number of phosphoric ester groups is 1. The highest BCUT2D eigenvalue weighted by Crippen LogP contribution is 2.43. The third kappa shape index (κ3) is 53.2. The molecular formula is C62H105O11P. The summed E-state index contributed by atoms with van der Waals surface area (Å²) in [5, 5.41) is 9.82. The first kappa shape index (κ1) is 70.4. The maximum Gasteiger partial charge on any atom is 0.472 e. The summed E-state index contributed by atoms with van der Waals surface area (Å²) in [5.41, 5.74) is 0. The summed E-state index contributed by atoms with van der Waals surface area (Å²) < 4.78 is 39.5. The third-order valence-corrected chi connectivity index (χ3v) is 12.9. The van der Waals surface area contributed by atoms with E-state index in [1.54, 1.807) is 0 Å². The normalized spacial score (nSPS) is 14.1. The van der Waals surface area contributed by atoms with Crippen LogP contribution in [0.5, 0.6) is 0 Å². The fourth-order valence-electron chi connectivity index (χ4n) is 7.52. The van der Waals surface area contributed by atoms with Crippen molar-refractivity contribution in [3.63, 3.8) is 0 Å². The summed E-state index contributed by atoms with van der Waals surface area (Å²) in [5.74, 6) is -1.53. The van der Waals surface area contributed by atoms with Crippen molar-refractivity contribution >= 4 is 25.7 Å². The van der Waals surface area contributed by atoms with Gasteiger partial charge in [0.1, 0.15) is 12.7 Å². The van der Waals surface area contributed by atoms with Crippen LogP contribution in [-0.2, 0) is 42.2 Å². The summed E-state index contributed by atoms with van der Waals surface area (Å²) in [6, 6.07) is 0. The molecule has 0 bridgehead atoms. The van der Waals surface area contributed by atoms with Crippen molar-refractivity contribution in [1.82, 2.24) is 0 Å². The number of hydrogen-bond donors (Lipinski definition) is 2. The van der Waals surface area contributed by atoms with Gasteiger partial charge in [0.05, 0.1) is 19.8 Å². The maximum atomic E-state index is 12.9. The van der Waals surface area contributed by atoms with E-state index in [2.05, 4.69) is 118 Å². The number of phosphoric acid groups is 1. The molecule has 11 nitrogen and oxygen atoms in total. The number of hydrogen-bond acceptors (Lipinski definition) is 10. The van der Waals surface area contributed by atoms with E-state index in [1.807, 2.05) is 0 Å². The van der Waals surface area contributed by atoms with Crippen molar-refractivity contribution in [3.8, 4) is 0 Å². The van der Waals surface area contributed by atoms with E-state index >= 15 is 0 Å². The van der Waals surface area contributed by atoms with Crippen LogP contribution in [0.25, 0.3) is 0 Å². The molecule has 3 atom stereocenters. The molecule has 424 valence electrons. The van der Waals surface area contributed by atoms with E-state index in [0.29, 0.717) is 19.3 Å². The Balaban J connectivity index is 4.81. The molecule has 2 N–H and O–H groups in total. The SMILES string of the molecule is CC/C=C\C/C=C\C/C=C\C/C=C\CCCCCCC(=O)OC(COC(=O)CCCCCCC/C=C\C/C=C\CCCCC)COP(=O)(O)OCC(CO)OC(=O)CCCCCCC/C=C\C/C=C\CCCCC. The predicted octanol–water partition coefficient (Wildman–Crippen LogP) is 17.3. The van der Waals surface area contributed by atoms with Gasteiger partial charge in [-0.2, -0.15) is 0 Å². The van der Waals surface area contributed by atoms with Gasteiger partial charge in [-0.15, -0.1) is 0 Å². The second kappa shape index (κ2) is 55.6. The first-order valence-corrected chi connectivity index (χ1v) is 30.6. The molecule has 0 aliphatic carbocycles. The summed E-state index contributed by atoms with van der Waals surface area (Å²) in [6.07, 6.45) is 65.0. The zero-order valence-corrected chi connectivity index (χ0v) is 47.7. The molecule has 0 spiro atoms. The molecule has 0 aromatic heterocycles. The number of carbonyl (C=O) groups excluding carboxylic acids is 3. The fourth-order valence-corrected chi connectivity index (χ4v) is 8.31. The molecular weight excluding hydrogens is 952 g/mol. The van der Waals surface area contributed by atoms with Crippen molar-refractivity contribution in [2.45, 2.75) is 251 Å². The monoisotopic (exact) mass is 1060 g/mol. The molecule has 0 fully saturated rings. The number of allylic oxidation sites excluding steroid dienone is 16. The van der Waals surface area contributed by atoms with Crippen LogP contribution in [0.1, 0.15) is 239 Å². The predicted molar refractivity (Wildman–Crippen MR) is 307 cm³/mol. The van der Waals surface area contributed by atoms with E-state index < -0.39 is 57.8 Å². The van der Waals surface area contributed by atoms with Gasteiger partial charge in [-0.3, -0.25) is 23.4 Å². The topological polar surface area (TPSA) is 155 Å². The van der Waals surface area contributed by atoms with E-state index in [-0.39, 0.29) is 25.9 Å². The minimum atomic E-state index is -4.77. The molecule has 0 heterocycles. The number of aliphatic hydroxyl groups excluding tert-OH is 1. The highest BCUT2D eigenvalue weighted by molar-refractivity contribution is 7.47. The maximum absolute atomic E-state index is 12.9. The molecule has 12 heteroatoms. The summed E-state index contributed by atoms with van der Waals surface area (Å²) >= 11 is 0. The Morgan fingerprint density at radius 1 is 0.392 bits per heavy atom. The van der Waals surface area contributed by atoms with Gasteiger partial charge in [-0.25, -0.2) is 4.57 Å². The zero-order chi connectivity index (χ0) is 54.1. The molecule has 0 aliphatic heterocycles. The Kier molecular flexibility index (Phi) is 52.9. The number of esters is 3. The fraction of sp³-hybridized carbons (Fsp3) is 0.694. The Hall–Kier alpha value is -3.60. The van der Waals surface area contributed by atoms with Crippen LogP contribution in [0.4, 0.5) is 0 Å². The van der Waals surface area contributed by atoms with Crippen molar-refractivity contribution in [2.75, 3.05) is 26.4 Å². The van der Waals surface area contributed by atoms with E-state index in [0.717, 1.165) is 141 Å². The Morgan fingerprint density at radius 3 is 1.08 bits per heavy atom. The summed E-state index contributed by atoms with van der Waals surface area (Å²) in [7, 11) is -4.77. The lowest BCUT2D eigenvalue weighted by molar-refractivity contribution is -0.161. The van der Waals surface area contributed by atoms with Crippen LogP contribution in [-0.4, -0.2) is 66.5 Å². The van der Waals surface area contributed by atoms with Crippen LogP contribution < -0.4 is 0 Å². The average molecular weight is 1060 g/mol. The highest BCUT2D eigenvalue weighted by Gasteiger charge is 2.28. The molecule has 0 aromatic rings. The lowest BCUT2D eigenvalue weighted by Gasteiger charge is -2.21. The number of carbonyl (C=O) groups is 3. The zero-order valence-electron chi connectivity index (χ0n) is 46.8. The van der Waals surface area contributed by atoms with Gasteiger partial charge >= 0.3 is 25.7 Å². The van der Waals surface area contributed by atoms with Crippen LogP contribution in [0.3, 0.4) is 0 Å². The molecule has 0 rings (SSSR count). The lowest BCUT2D eigenvalue weighted by Crippen LogP contribution is -2.30. The van der Waals surface area contributed by atoms with Crippen molar-refractivity contribution in [2.24, 2.45) is 0 Å². The van der Waals surface area contributed by atoms with Crippen molar-refractivity contribution in [3.05, 3.63) is 97.2 Å². The molecule has 0 amide bonds. The van der Waals surface area contributed by atoms with Crippen molar-refractivity contribution in [1.29, 1.82) is 0 Å². The lowest BCUT2D eigenvalue weighted by atomic mass is 10.1. The third-order valence-electron chi connectivity index (χ3n) is 12.0. The van der Waals surface area contributed by atoms with E-state index in [4.69, 9.17) is 23.3 Å². The second-order valence-electron chi connectivity index (χ2n) is 19.1. The summed E-state index contributed by atoms with van der Waals surface area (Å²) in [4.78, 5) is 48.6. The van der Waals surface area contributed by atoms with Crippen LogP contribution in [0.15, 0.2) is 97.2 Å². The van der Waals surface area contributed by atoms with Crippen LogP contribution in [0, 0.1) is 0 Å². The van der Waals surface area contributed by atoms with Gasteiger partial charge in [-0.05, 0) is 122 Å². The molecule has 0 aliphatic rings. The Labute approximate surface area is 451 Å². The van der Waals surface area contributed by atoms with Gasteiger partial charge in [0.25, 0.3) is 0 Å². The largest absolute Gasteiger partial charge is 0.472 e. The first-order valence-electron chi connectivity index (χ1n) is 29.1.